The predicted octanol–water partition coefficient (Wildman–Crippen LogP) is -6.40. The lowest BCUT2D eigenvalue weighted by Crippen LogP contribution is -2.62. The van der Waals surface area contributed by atoms with Gasteiger partial charge in [-0.3, -0.25) is 67.1 Å². The number of carboxylic acid groups (broad SMARTS) is 3. The summed E-state index contributed by atoms with van der Waals surface area (Å²) in [6.07, 6.45) is -5.63. The normalized spacial score (nSPS) is 13.8. The molecule has 80 heavy (non-hydrogen) atoms. The average molecular weight is 1130 g/mol. The Morgan fingerprint density at radius 2 is 0.912 bits per heavy atom. The van der Waals surface area contributed by atoms with E-state index in [-0.39, 0.29) is 37.4 Å². The lowest BCUT2D eigenvalue weighted by Gasteiger charge is -2.28. The summed E-state index contributed by atoms with van der Waals surface area (Å²) in [4.78, 5) is 179. The van der Waals surface area contributed by atoms with Crippen molar-refractivity contribution in [3.8, 4) is 5.75 Å². The Morgan fingerprint density at radius 1 is 0.475 bits per heavy atom. The Labute approximate surface area is 456 Å². The van der Waals surface area contributed by atoms with Crippen LogP contribution < -0.4 is 64.6 Å². The van der Waals surface area contributed by atoms with Crippen LogP contribution in [0, 0.1) is 5.92 Å². The van der Waals surface area contributed by atoms with Crippen LogP contribution in [0.15, 0.2) is 54.6 Å². The van der Waals surface area contributed by atoms with Crippen LogP contribution in [0.2, 0.25) is 0 Å². The van der Waals surface area contributed by atoms with Gasteiger partial charge < -0.3 is 90.2 Å². The van der Waals surface area contributed by atoms with Crippen molar-refractivity contribution in [1.82, 2.24) is 53.2 Å². The van der Waals surface area contributed by atoms with E-state index in [1.807, 2.05) is 10.6 Å². The van der Waals surface area contributed by atoms with Gasteiger partial charge in [0.2, 0.25) is 65.0 Å². The zero-order valence-corrected chi connectivity index (χ0v) is 43.8. The highest BCUT2D eigenvalue weighted by atomic mass is 16.4. The second-order valence-corrected chi connectivity index (χ2v) is 18.4. The first-order valence-corrected chi connectivity index (χ1v) is 24.6. The summed E-state index contributed by atoms with van der Waals surface area (Å²) in [5, 5.41) is 71.4. The standard InChI is InChI=1S/C49H68N12O19/c1-24(2)15-30(45(76)58-31(44(75)54-23-41(72)73)16-26-7-5-4-6-8-26)57-46(77)32(17-27-9-11-28(63)12-10-27)60-49(80)42(25(3)62)61-48(79)34(19-40(70)71)59-47(78)33(18-39(68)69)56-38(67)22-53-43(74)29(13-14-35(51)64)55-37(66)21-52-36(65)20-50/h4-12,24-25,29-34,42,62-63H,13-23,50H2,1-3H3,(H2,51,64)(H,52,65)(H,53,74)(H,54,75)(H,55,66)(H,56,67)(H,57,77)(H,58,76)(H,59,78)(H,60,80)(H,61,79)(H,68,69)(H,70,71)(H,72,73)/t25-,29+,30+,31+,32+,33+,34+,42+/m1/s1. The van der Waals surface area contributed by atoms with E-state index in [0.29, 0.717) is 11.1 Å². The summed E-state index contributed by atoms with van der Waals surface area (Å²) < 4.78 is 0. The van der Waals surface area contributed by atoms with Gasteiger partial charge in [-0.15, -0.1) is 0 Å². The van der Waals surface area contributed by atoms with Gasteiger partial charge in [-0.25, -0.2) is 0 Å². The fourth-order valence-corrected chi connectivity index (χ4v) is 7.22. The number of primary amides is 1. The molecule has 2 aromatic carbocycles. The number of benzene rings is 2. The van der Waals surface area contributed by atoms with E-state index in [9.17, 15) is 87.5 Å². The van der Waals surface area contributed by atoms with Gasteiger partial charge in [0.15, 0.2) is 0 Å². The highest BCUT2D eigenvalue weighted by Gasteiger charge is 2.37. The van der Waals surface area contributed by atoms with Gasteiger partial charge in [-0.05, 0) is 48.9 Å². The molecule has 0 spiro atoms. The van der Waals surface area contributed by atoms with Gasteiger partial charge in [0.05, 0.1) is 38.6 Å². The molecule has 438 valence electrons. The van der Waals surface area contributed by atoms with Crippen LogP contribution in [0.25, 0.3) is 0 Å². The number of phenols is 1. The van der Waals surface area contributed by atoms with E-state index >= 15 is 0 Å². The SMILES string of the molecule is CC(C)C[C@H](NC(=O)[C@H](Cc1ccc(O)cc1)NC(=O)[C@@H](NC(=O)[C@H](CC(=O)O)NC(=O)[C@H](CC(=O)O)NC(=O)CNC(=O)[C@H](CCC(N)=O)NC(=O)CNC(=O)CN)[C@@H](C)O)C(=O)N[C@@H](Cc1ccccc1)C(=O)NCC(=O)O. The summed E-state index contributed by atoms with van der Waals surface area (Å²) in [7, 11) is 0. The molecule has 0 saturated heterocycles. The molecule has 0 unspecified atom stereocenters. The van der Waals surface area contributed by atoms with E-state index < -0.39 is 177 Å². The lowest BCUT2D eigenvalue weighted by atomic mass is 9.99. The first kappa shape index (κ1) is 66.9. The summed E-state index contributed by atoms with van der Waals surface area (Å²) in [6, 6.07) is 1.42. The molecule has 0 aliphatic heterocycles. The Kier molecular flexibility index (Phi) is 28.2. The van der Waals surface area contributed by atoms with Crippen LogP contribution >= 0.6 is 0 Å². The maximum atomic E-state index is 14.3. The van der Waals surface area contributed by atoms with Crippen molar-refractivity contribution in [2.24, 2.45) is 17.4 Å². The van der Waals surface area contributed by atoms with Crippen molar-refractivity contribution >= 4 is 82.9 Å². The molecule has 0 aliphatic carbocycles. The van der Waals surface area contributed by atoms with Gasteiger partial charge in [0, 0.05) is 19.3 Å². The number of hydrogen-bond acceptors (Lipinski definition) is 17. The van der Waals surface area contributed by atoms with E-state index in [1.165, 1.54) is 24.3 Å². The first-order chi connectivity index (χ1) is 37.6. The summed E-state index contributed by atoms with van der Waals surface area (Å²) in [6.45, 7) is 1.56. The number of aliphatic hydroxyl groups is 1. The maximum Gasteiger partial charge on any atom is 0.322 e. The minimum atomic E-state index is -2.17. The topological polar surface area (TPSA) is 512 Å². The second-order valence-electron chi connectivity index (χ2n) is 18.4. The molecule has 2 aromatic rings. The van der Waals surface area contributed by atoms with Crippen LogP contribution in [-0.4, -0.2) is 183 Å². The molecule has 0 bridgehead atoms. The Bertz CT molecular complexity index is 2550. The molecule has 0 radical (unpaired) electrons. The molecule has 31 heteroatoms. The molecule has 0 aromatic heterocycles. The third-order valence-corrected chi connectivity index (χ3v) is 11.2. The van der Waals surface area contributed by atoms with Crippen LogP contribution in [0.3, 0.4) is 0 Å². The molecule has 0 aliphatic rings. The van der Waals surface area contributed by atoms with Crippen molar-refractivity contribution < 1.29 is 92.7 Å². The number of nitrogens with two attached hydrogens (primary N) is 2. The third-order valence-electron chi connectivity index (χ3n) is 11.2. The van der Waals surface area contributed by atoms with Gasteiger partial charge in [-0.2, -0.15) is 0 Å². The van der Waals surface area contributed by atoms with Gasteiger partial charge in [-0.1, -0.05) is 56.3 Å². The van der Waals surface area contributed by atoms with Crippen molar-refractivity contribution in [2.45, 2.75) is 114 Å². The number of aliphatic hydroxyl groups excluding tert-OH is 1. The van der Waals surface area contributed by atoms with Crippen LogP contribution in [0.1, 0.15) is 64.0 Å². The third kappa shape index (κ3) is 25.7. The zero-order chi connectivity index (χ0) is 60.2. The Morgan fingerprint density at radius 3 is 1.44 bits per heavy atom. The van der Waals surface area contributed by atoms with Crippen LogP contribution in [-0.2, 0) is 80.0 Å². The summed E-state index contributed by atoms with van der Waals surface area (Å²) in [5.41, 5.74) is 11.2. The lowest BCUT2D eigenvalue weighted by molar-refractivity contribution is -0.143. The number of carbonyl (C=O) groups excluding carboxylic acids is 11. The maximum absolute atomic E-state index is 14.3. The fourth-order valence-electron chi connectivity index (χ4n) is 7.22. The molecule has 19 N–H and O–H groups in total. The van der Waals surface area contributed by atoms with E-state index in [1.54, 1.807) is 44.2 Å². The number of aromatic hydroxyl groups is 1. The summed E-state index contributed by atoms with van der Waals surface area (Å²) in [5.74, 6) is -17.1. The number of nitrogens with one attached hydrogen (secondary N) is 10. The van der Waals surface area contributed by atoms with Crippen molar-refractivity contribution in [3.05, 3.63) is 65.7 Å². The zero-order valence-electron chi connectivity index (χ0n) is 43.8. The molecule has 0 fully saturated rings. The number of hydrogen-bond donors (Lipinski definition) is 17. The number of carbonyl (C=O) groups is 14. The van der Waals surface area contributed by atoms with E-state index in [4.69, 9.17) is 16.6 Å². The smallest absolute Gasteiger partial charge is 0.322 e. The summed E-state index contributed by atoms with van der Waals surface area (Å²) >= 11 is 0. The molecule has 31 nitrogen and oxygen atoms in total. The van der Waals surface area contributed by atoms with Crippen molar-refractivity contribution in [2.75, 3.05) is 26.2 Å². The number of aliphatic carboxylic acids is 3. The minimum Gasteiger partial charge on any atom is -0.508 e. The van der Waals surface area contributed by atoms with Crippen molar-refractivity contribution in [1.29, 1.82) is 0 Å². The molecule has 11 amide bonds. The monoisotopic (exact) mass is 1130 g/mol. The Balaban J connectivity index is 2.38. The average Bonchev–Trinajstić information content (AvgIpc) is 3.38. The van der Waals surface area contributed by atoms with E-state index in [2.05, 4.69) is 42.5 Å². The van der Waals surface area contributed by atoms with Crippen molar-refractivity contribution in [3.63, 3.8) is 0 Å². The molecule has 2 rings (SSSR count). The highest BCUT2D eigenvalue weighted by Crippen LogP contribution is 2.14. The quantitative estimate of drug-likeness (QED) is 0.0305. The van der Waals surface area contributed by atoms with Gasteiger partial charge >= 0.3 is 17.9 Å². The first-order valence-electron chi connectivity index (χ1n) is 24.6. The molecular weight excluding hydrogens is 1060 g/mol. The van der Waals surface area contributed by atoms with Gasteiger partial charge in [0.1, 0.15) is 54.6 Å². The van der Waals surface area contributed by atoms with E-state index in [0.717, 1.165) is 6.92 Å². The number of amides is 11. The predicted molar refractivity (Wildman–Crippen MR) is 275 cm³/mol. The van der Waals surface area contributed by atoms with Crippen LogP contribution in [0.4, 0.5) is 0 Å². The minimum absolute atomic E-state index is 0.0514. The Hall–Kier alpha value is -9.26. The molecule has 0 heterocycles. The molecule has 8 atom stereocenters. The molecular formula is C49H68N12O19. The van der Waals surface area contributed by atoms with Gasteiger partial charge in [0.25, 0.3) is 0 Å². The largest absolute Gasteiger partial charge is 0.508 e. The number of carboxylic acids is 3. The molecule has 0 saturated carbocycles. The fraction of sp³-hybridized carbons (Fsp3) is 0.469. The number of rotatable bonds is 35. The number of phenolic OH excluding ortho intramolecular Hbond substituents is 1. The highest BCUT2D eigenvalue weighted by molar-refractivity contribution is 5.99. The van der Waals surface area contributed by atoms with Crippen LogP contribution in [0.5, 0.6) is 5.75 Å². The second kappa shape index (κ2) is 33.8.